The van der Waals surface area contributed by atoms with Crippen LogP contribution >= 0.6 is 0 Å². The second-order valence-electron chi connectivity index (χ2n) is 1.84. The molecule has 0 saturated heterocycles. The topological polar surface area (TPSA) is 86.2 Å². The van der Waals surface area contributed by atoms with E-state index < -0.39 is 11.7 Å². The lowest BCUT2D eigenvalue weighted by Gasteiger charge is -1.88. The van der Waals surface area contributed by atoms with Crippen LogP contribution in [0.5, 0.6) is 0 Å². The Labute approximate surface area is 62.0 Å². The number of aromatic amines is 1. The molecule has 1 aromatic heterocycles. The summed E-state index contributed by atoms with van der Waals surface area (Å²) < 4.78 is 0. The molecule has 0 atom stereocenters. The Morgan fingerprint density at radius 1 is 1.64 bits per heavy atom. The number of carbonyl (C=O) groups is 1. The van der Waals surface area contributed by atoms with E-state index in [1.807, 2.05) is 0 Å². The highest BCUT2D eigenvalue weighted by Crippen LogP contribution is 1.98. The predicted octanol–water partition coefficient (Wildman–Crippen LogP) is 0.393. The Kier molecular flexibility index (Phi) is 1.91. The van der Waals surface area contributed by atoms with Gasteiger partial charge in [0.15, 0.2) is 0 Å². The fraction of sp³-hybridized carbons (Fsp3) is 0. The molecule has 0 spiro atoms. The van der Waals surface area contributed by atoms with Crippen LogP contribution in [-0.4, -0.2) is 26.2 Å². The van der Waals surface area contributed by atoms with Gasteiger partial charge in [-0.15, -0.1) is 0 Å². The van der Waals surface area contributed by atoms with Gasteiger partial charge >= 0.3 is 5.97 Å². The molecule has 58 valence electrons. The fourth-order valence-electron chi connectivity index (χ4n) is 0.555. The van der Waals surface area contributed by atoms with Crippen molar-refractivity contribution < 1.29 is 15.0 Å². The van der Waals surface area contributed by atoms with Crippen molar-refractivity contribution in [3.63, 3.8) is 0 Å². The smallest absolute Gasteiger partial charge is 0.371 e. The van der Waals surface area contributed by atoms with E-state index in [1.54, 1.807) is 0 Å². The molecule has 0 saturated carbocycles. The number of aliphatic hydroxyl groups excluding tert-OH is 1. The lowest BCUT2D eigenvalue weighted by atomic mass is 10.4. The normalized spacial score (nSPS) is 11.5. The number of aromatic nitrogens is 2. The number of imidazole rings is 1. The summed E-state index contributed by atoms with van der Waals surface area (Å²) in [6.45, 7) is 0. The van der Waals surface area contributed by atoms with Gasteiger partial charge in [-0.1, -0.05) is 0 Å². The zero-order valence-corrected chi connectivity index (χ0v) is 5.48. The second-order valence-corrected chi connectivity index (χ2v) is 1.84. The highest BCUT2D eigenvalue weighted by Gasteiger charge is 2.02. The lowest BCUT2D eigenvalue weighted by molar-refractivity contribution is -0.135. The summed E-state index contributed by atoms with van der Waals surface area (Å²) in [5, 5.41) is 16.9. The van der Waals surface area contributed by atoms with E-state index in [1.165, 1.54) is 12.5 Å². The zero-order valence-electron chi connectivity index (χ0n) is 5.48. The Bertz CT molecular complexity index is 276. The van der Waals surface area contributed by atoms with Crippen molar-refractivity contribution in [3.8, 4) is 0 Å². The summed E-state index contributed by atoms with van der Waals surface area (Å²) in [5.41, 5.74) is 0.449. The molecule has 0 bridgehead atoms. The van der Waals surface area contributed by atoms with Gasteiger partial charge in [0.25, 0.3) is 0 Å². The third-order valence-electron chi connectivity index (χ3n) is 1.03. The van der Waals surface area contributed by atoms with Crippen molar-refractivity contribution in [2.24, 2.45) is 0 Å². The van der Waals surface area contributed by atoms with Gasteiger partial charge in [0.2, 0.25) is 5.76 Å². The van der Waals surface area contributed by atoms with Crippen LogP contribution in [0.3, 0.4) is 0 Å². The molecule has 1 rings (SSSR count). The summed E-state index contributed by atoms with van der Waals surface area (Å²) >= 11 is 0. The molecule has 1 aromatic rings. The predicted molar refractivity (Wildman–Crippen MR) is 36.8 cm³/mol. The molecule has 0 radical (unpaired) electrons. The molecule has 5 nitrogen and oxygen atoms in total. The maximum Gasteiger partial charge on any atom is 0.371 e. The molecule has 5 heteroatoms. The van der Waals surface area contributed by atoms with Gasteiger partial charge in [0, 0.05) is 6.08 Å². The third kappa shape index (κ3) is 1.82. The molecular weight excluding hydrogens is 148 g/mol. The van der Waals surface area contributed by atoms with Crippen molar-refractivity contribution in [2.75, 3.05) is 0 Å². The molecule has 0 aliphatic carbocycles. The largest absolute Gasteiger partial charge is 0.502 e. The maximum atomic E-state index is 10.1. The number of rotatable bonds is 2. The summed E-state index contributed by atoms with van der Waals surface area (Å²) in [6.07, 6.45) is 3.87. The van der Waals surface area contributed by atoms with Crippen LogP contribution in [0.25, 0.3) is 6.08 Å². The van der Waals surface area contributed by atoms with E-state index in [4.69, 9.17) is 10.2 Å². The highest BCUT2D eigenvalue weighted by molar-refractivity contribution is 5.88. The molecule has 0 fully saturated rings. The number of aliphatic carboxylic acids is 1. The van der Waals surface area contributed by atoms with Crippen LogP contribution in [0, 0.1) is 0 Å². The first-order valence-corrected chi connectivity index (χ1v) is 2.82. The van der Waals surface area contributed by atoms with Crippen molar-refractivity contribution in [3.05, 3.63) is 24.0 Å². The zero-order chi connectivity index (χ0) is 8.27. The fourth-order valence-corrected chi connectivity index (χ4v) is 0.555. The van der Waals surface area contributed by atoms with E-state index in [2.05, 4.69) is 9.97 Å². The Balaban J connectivity index is 2.82. The Morgan fingerprint density at radius 2 is 2.36 bits per heavy atom. The van der Waals surface area contributed by atoms with E-state index >= 15 is 0 Å². The van der Waals surface area contributed by atoms with Crippen LogP contribution in [0.2, 0.25) is 0 Å². The number of carboxylic acids is 1. The van der Waals surface area contributed by atoms with E-state index in [9.17, 15) is 4.79 Å². The van der Waals surface area contributed by atoms with Crippen LogP contribution < -0.4 is 0 Å². The van der Waals surface area contributed by atoms with Gasteiger partial charge in [-0.25, -0.2) is 9.78 Å². The monoisotopic (exact) mass is 154 g/mol. The van der Waals surface area contributed by atoms with Crippen LogP contribution in [0.4, 0.5) is 0 Å². The number of aliphatic hydroxyl groups is 1. The molecule has 0 aliphatic rings. The Morgan fingerprint density at radius 3 is 2.82 bits per heavy atom. The quantitative estimate of drug-likeness (QED) is 0.425. The molecule has 3 N–H and O–H groups in total. The molecule has 1 heterocycles. The minimum absolute atomic E-state index is 0.449. The highest BCUT2D eigenvalue weighted by atomic mass is 16.4. The van der Waals surface area contributed by atoms with Gasteiger partial charge in [-0.3, -0.25) is 0 Å². The summed E-state index contributed by atoms with van der Waals surface area (Å²) in [6, 6.07) is 0. The van der Waals surface area contributed by atoms with E-state index in [0.717, 1.165) is 6.08 Å². The number of nitrogens with zero attached hydrogens (tertiary/aromatic N) is 1. The number of carboxylic acid groups (broad SMARTS) is 1. The van der Waals surface area contributed by atoms with Crippen LogP contribution in [-0.2, 0) is 4.79 Å². The van der Waals surface area contributed by atoms with Gasteiger partial charge < -0.3 is 15.2 Å². The van der Waals surface area contributed by atoms with E-state index in [0.29, 0.717) is 5.69 Å². The first kappa shape index (κ1) is 7.33. The summed E-state index contributed by atoms with van der Waals surface area (Å²) in [5.74, 6) is -2.08. The molecule has 0 aromatic carbocycles. The van der Waals surface area contributed by atoms with Crippen molar-refractivity contribution in [1.82, 2.24) is 9.97 Å². The number of H-pyrrole nitrogens is 1. The minimum atomic E-state index is -1.36. The van der Waals surface area contributed by atoms with Crippen molar-refractivity contribution in [1.29, 1.82) is 0 Å². The molecule has 0 aliphatic heterocycles. The van der Waals surface area contributed by atoms with Gasteiger partial charge in [-0.05, 0) is 0 Å². The molecule has 0 amide bonds. The molecule has 11 heavy (non-hydrogen) atoms. The van der Waals surface area contributed by atoms with Crippen LogP contribution in [0.1, 0.15) is 5.69 Å². The standard InChI is InChI=1S/C6H6N2O3/c9-5(6(10)11)1-4-2-7-3-8-4/h1-3,9H,(H,7,8)(H,10,11). The summed E-state index contributed by atoms with van der Waals surface area (Å²) in [4.78, 5) is 16.3. The van der Waals surface area contributed by atoms with Crippen molar-refractivity contribution in [2.45, 2.75) is 0 Å². The number of hydrogen-bond donors (Lipinski definition) is 3. The number of hydrogen-bond acceptors (Lipinski definition) is 3. The number of nitrogens with one attached hydrogen (secondary N) is 1. The average molecular weight is 154 g/mol. The van der Waals surface area contributed by atoms with Crippen molar-refractivity contribution >= 4 is 12.0 Å². The Hall–Kier alpha value is -1.78. The van der Waals surface area contributed by atoms with Gasteiger partial charge in [-0.2, -0.15) is 0 Å². The van der Waals surface area contributed by atoms with E-state index in [-0.39, 0.29) is 0 Å². The minimum Gasteiger partial charge on any atom is -0.502 e. The average Bonchev–Trinajstić information content (AvgIpc) is 2.39. The second kappa shape index (κ2) is 2.87. The van der Waals surface area contributed by atoms with Crippen LogP contribution in [0.15, 0.2) is 18.3 Å². The van der Waals surface area contributed by atoms with Gasteiger partial charge in [0.05, 0.1) is 18.2 Å². The maximum absolute atomic E-state index is 10.1. The third-order valence-corrected chi connectivity index (χ3v) is 1.03. The van der Waals surface area contributed by atoms with Gasteiger partial charge in [0.1, 0.15) is 0 Å². The first-order valence-electron chi connectivity index (χ1n) is 2.82. The lowest BCUT2D eigenvalue weighted by Crippen LogP contribution is -1.98. The molecule has 0 unspecified atom stereocenters. The molecular formula is C6H6N2O3. The summed E-state index contributed by atoms with van der Waals surface area (Å²) in [7, 11) is 0. The first-order chi connectivity index (χ1) is 5.20. The SMILES string of the molecule is O=C(O)C(O)=Cc1cnc[nH]1.